The lowest BCUT2D eigenvalue weighted by atomic mass is 10.0. The van der Waals surface area contributed by atoms with E-state index in [2.05, 4.69) is 10.1 Å². The molecule has 1 aromatic carbocycles. The molecule has 0 aliphatic carbocycles. The highest BCUT2D eigenvalue weighted by Crippen LogP contribution is 2.18. The maximum Gasteiger partial charge on any atom is 0.328 e. The van der Waals surface area contributed by atoms with Crippen molar-refractivity contribution < 1.29 is 23.5 Å². The van der Waals surface area contributed by atoms with Gasteiger partial charge in [0.05, 0.1) is 14.2 Å². The smallest absolute Gasteiger partial charge is 0.328 e. The quantitative estimate of drug-likeness (QED) is 0.836. The number of hydrogen-bond acceptors (Lipinski definition) is 4. The average Bonchev–Trinajstić information content (AvgIpc) is 2.43. The fourth-order valence-corrected chi connectivity index (χ4v) is 1.66. The van der Waals surface area contributed by atoms with Gasteiger partial charge in [-0.3, -0.25) is 4.79 Å². The molecular weight excluding hydrogens is 265 g/mol. The van der Waals surface area contributed by atoms with Gasteiger partial charge in [-0.15, -0.1) is 0 Å². The summed E-state index contributed by atoms with van der Waals surface area (Å²) in [5.74, 6) is -1.82. The van der Waals surface area contributed by atoms with Crippen molar-refractivity contribution in [2.45, 2.75) is 19.9 Å². The van der Waals surface area contributed by atoms with Gasteiger partial charge in [-0.2, -0.15) is 0 Å². The van der Waals surface area contributed by atoms with Gasteiger partial charge in [0.2, 0.25) is 0 Å². The fraction of sp³-hybridized carbons (Fsp3) is 0.429. The first-order valence-electron chi connectivity index (χ1n) is 6.13. The number of hydrogen-bond donors (Lipinski definition) is 1. The van der Waals surface area contributed by atoms with Gasteiger partial charge in [0.1, 0.15) is 6.04 Å². The van der Waals surface area contributed by atoms with Crippen LogP contribution in [0.1, 0.15) is 24.2 Å². The number of rotatable bonds is 5. The van der Waals surface area contributed by atoms with E-state index in [0.29, 0.717) is 0 Å². The van der Waals surface area contributed by atoms with Crippen molar-refractivity contribution in [2.75, 3.05) is 14.2 Å². The molecule has 110 valence electrons. The topological polar surface area (TPSA) is 64.6 Å². The summed E-state index contributed by atoms with van der Waals surface area (Å²) in [7, 11) is 2.58. The first kappa shape index (κ1) is 15.9. The minimum Gasteiger partial charge on any atom is -0.494 e. The van der Waals surface area contributed by atoms with Crippen molar-refractivity contribution in [2.24, 2.45) is 5.92 Å². The van der Waals surface area contributed by atoms with E-state index in [0.717, 1.165) is 6.07 Å². The van der Waals surface area contributed by atoms with E-state index in [1.54, 1.807) is 13.8 Å². The van der Waals surface area contributed by atoms with Crippen molar-refractivity contribution in [3.63, 3.8) is 0 Å². The predicted molar refractivity (Wildman–Crippen MR) is 71.1 cm³/mol. The Morgan fingerprint density at radius 3 is 2.35 bits per heavy atom. The summed E-state index contributed by atoms with van der Waals surface area (Å²) in [5, 5.41) is 2.53. The molecule has 0 aliphatic rings. The van der Waals surface area contributed by atoms with Gasteiger partial charge in [-0.05, 0) is 24.1 Å². The third-order valence-corrected chi connectivity index (χ3v) is 2.82. The Morgan fingerprint density at radius 2 is 1.90 bits per heavy atom. The summed E-state index contributed by atoms with van der Waals surface area (Å²) < 4.78 is 22.9. The molecule has 1 N–H and O–H groups in total. The highest BCUT2D eigenvalue weighted by molar-refractivity contribution is 5.97. The molecule has 0 saturated carbocycles. The van der Waals surface area contributed by atoms with E-state index in [4.69, 9.17) is 4.74 Å². The Balaban J connectivity index is 2.89. The molecule has 0 aliphatic heterocycles. The van der Waals surface area contributed by atoms with Gasteiger partial charge in [-0.25, -0.2) is 9.18 Å². The first-order chi connectivity index (χ1) is 9.40. The third kappa shape index (κ3) is 3.69. The van der Waals surface area contributed by atoms with Gasteiger partial charge < -0.3 is 14.8 Å². The molecule has 0 radical (unpaired) electrons. The van der Waals surface area contributed by atoms with Crippen LogP contribution in [0.25, 0.3) is 0 Å². The average molecular weight is 283 g/mol. The van der Waals surface area contributed by atoms with Crippen molar-refractivity contribution in [3.05, 3.63) is 29.6 Å². The summed E-state index contributed by atoms with van der Waals surface area (Å²) in [6.07, 6.45) is 0. The van der Waals surface area contributed by atoms with Gasteiger partial charge in [0.25, 0.3) is 5.91 Å². The molecule has 0 spiro atoms. The molecule has 0 unspecified atom stereocenters. The maximum atomic E-state index is 13.5. The molecular formula is C14H18FNO4. The molecule has 0 fully saturated rings. The molecule has 1 aromatic rings. The Morgan fingerprint density at radius 1 is 1.25 bits per heavy atom. The first-order valence-corrected chi connectivity index (χ1v) is 6.13. The SMILES string of the molecule is COC(=O)[C@@H](NC(=O)c1ccc(OC)c(F)c1)C(C)C. The minimum absolute atomic E-state index is 0.0509. The molecule has 6 heteroatoms. The highest BCUT2D eigenvalue weighted by atomic mass is 19.1. The lowest BCUT2D eigenvalue weighted by Crippen LogP contribution is -2.45. The minimum atomic E-state index is -0.780. The van der Waals surface area contributed by atoms with Crippen LogP contribution in [0.5, 0.6) is 5.75 Å². The van der Waals surface area contributed by atoms with Crippen molar-refractivity contribution in [1.29, 1.82) is 0 Å². The van der Waals surface area contributed by atoms with Crippen molar-refractivity contribution in [1.82, 2.24) is 5.32 Å². The number of halogens is 1. The van der Waals surface area contributed by atoms with E-state index < -0.39 is 23.7 Å². The molecule has 5 nitrogen and oxygen atoms in total. The van der Waals surface area contributed by atoms with Crippen molar-refractivity contribution in [3.8, 4) is 5.75 Å². The van der Waals surface area contributed by atoms with Crippen LogP contribution in [-0.2, 0) is 9.53 Å². The van der Waals surface area contributed by atoms with Crippen LogP contribution < -0.4 is 10.1 Å². The summed E-state index contributed by atoms with van der Waals surface area (Å²) in [5.41, 5.74) is 0.109. The Hall–Kier alpha value is -2.11. The largest absolute Gasteiger partial charge is 0.494 e. The third-order valence-electron chi connectivity index (χ3n) is 2.82. The van der Waals surface area contributed by atoms with Crippen LogP contribution >= 0.6 is 0 Å². The van der Waals surface area contributed by atoms with Gasteiger partial charge in [-0.1, -0.05) is 13.8 Å². The Kier molecular flexibility index (Phi) is 5.49. The lowest BCUT2D eigenvalue weighted by Gasteiger charge is -2.19. The second kappa shape index (κ2) is 6.88. The molecule has 1 rings (SSSR count). The van der Waals surface area contributed by atoms with E-state index in [1.165, 1.54) is 26.4 Å². The number of nitrogens with one attached hydrogen (secondary N) is 1. The zero-order valence-electron chi connectivity index (χ0n) is 11.9. The van der Waals surface area contributed by atoms with Crippen LogP contribution in [0.2, 0.25) is 0 Å². The number of benzene rings is 1. The number of amides is 1. The van der Waals surface area contributed by atoms with Crippen LogP contribution in [0.4, 0.5) is 4.39 Å². The normalized spacial score (nSPS) is 11.9. The molecule has 20 heavy (non-hydrogen) atoms. The molecule has 1 amide bonds. The van der Waals surface area contributed by atoms with Gasteiger partial charge in [0, 0.05) is 5.56 Å². The fourth-order valence-electron chi connectivity index (χ4n) is 1.66. The van der Waals surface area contributed by atoms with E-state index in [9.17, 15) is 14.0 Å². The zero-order valence-corrected chi connectivity index (χ0v) is 11.9. The molecule has 0 bridgehead atoms. The number of ether oxygens (including phenoxy) is 2. The van der Waals surface area contributed by atoms with Gasteiger partial charge >= 0.3 is 5.97 Å². The van der Waals surface area contributed by atoms with E-state index in [-0.39, 0.29) is 17.2 Å². The number of carbonyl (C=O) groups excluding carboxylic acids is 2. The Bertz CT molecular complexity index is 502. The lowest BCUT2D eigenvalue weighted by molar-refractivity contribution is -0.144. The summed E-state index contributed by atoms with van der Waals surface area (Å²) >= 11 is 0. The number of methoxy groups -OCH3 is 2. The second-order valence-corrected chi connectivity index (χ2v) is 4.57. The standard InChI is InChI=1S/C14H18FNO4/c1-8(2)12(14(18)20-4)16-13(17)9-5-6-11(19-3)10(15)7-9/h5-8,12H,1-4H3,(H,16,17)/t12-/m0/s1. The van der Waals surface area contributed by atoms with Crippen molar-refractivity contribution >= 4 is 11.9 Å². The predicted octanol–water partition coefficient (Wildman–Crippen LogP) is 1.76. The highest BCUT2D eigenvalue weighted by Gasteiger charge is 2.25. The molecule has 0 aromatic heterocycles. The van der Waals surface area contributed by atoms with E-state index >= 15 is 0 Å². The molecule has 0 saturated heterocycles. The summed E-state index contributed by atoms with van der Waals surface area (Å²) in [4.78, 5) is 23.6. The second-order valence-electron chi connectivity index (χ2n) is 4.57. The summed E-state index contributed by atoms with van der Waals surface area (Å²) in [6, 6.07) is 3.05. The monoisotopic (exact) mass is 283 g/mol. The van der Waals surface area contributed by atoms with Crippen LogP contribution in [0.3, 0.4) is 0 Å². The Labute approximate surface area is 117 Å². The van der Waals surface area contributed by atoms with Crippen LogP contribution in [-0.4, -0.2) is 32.1 Å². The van der Waals surface area contributed by atoms with Crippen LogP contribution in [0.15, 0.2) is 18.2 Å². The van der Waals surface area contributed by atoms with Crippen LogP contribution in [0, 0.1) is 11.7 Å². The maximum absolute atomic E-state index is 13.5. The summed E-state index contributed by atoms with van der Waals surface area (Å²) in [6.45, 7) is 3.55. The van der Waals surface area contributed by atoms with Gasteiger partial charge in [0.15, 0.2) is 11.6 Å². The van der Waals surface area contributed by atoms with E-state index in [1.807, 2.05) is 0 Å². The number of esters is 1. The zero-order chi connectivity index (χ0) is 15.3. The molecule has 0 heterocycles. The molecule has 1 atom stereocenters. The number of carbonyl (C=O) groups is 2.